The maximum Gasteiger partial charge on any atom is 0.211 e. The molecule has 2 aromatic heterocycles. The molecule has 0 saturated carbocycles. The summed E-state index contributed by atoms with van der Waals surface area (Å²) >= 11 is 0. The molecule has 17 heavy (non-hydrogen) atoms. The van der Waals surface area contributed by atoms with Crippen molar-refractivity contribution in [2.24, 2.45) is 0 Å². The Hall–Kier alpha value is -1.95. The highest BCUT2D eigenvalue weighted by Gasteiger charge is 2.20. The number of ketones is 1. The minimum Gasteiger partial charge on any atom is -0.461 e. The van der Waals surface area contributed by atoms with Crippen LogP contribution < -0.4 is 0 Å². The second-order valence-electron chi connectivity index (χ2n) is 4.05. The molecule has 0 saturated heterocycles. The van der Waals surface area contributed by atoms with E-state index in [0.717, 1.165) is 18.9 Å². The van der Waals surface area contributed by atoms with E-state index >= 15 is 0 Å². The molecule has 0 amide bonds. The van der Waals surface area contributed by atoms with Gasteiger partial charge in [0.1, 0.15) is 12.2 Å². The Kier molecular flexibility index (Phi) is 2.49. The molecule has 0 aliphatic carbocycles. The molecule has 3 heterocycles. The molecule has 0 fully saturated rings. The molecule has 0 atom stereocenters. The molecule has 6 nitrogen and oxygen atoms in total. The Balaban J connectivity index is 1.66. The van der Waals surface area contributed by atoms with Crippen molar-refractivity contribution in [3.63, 3.8) is 0 Å². The molecule has 0 spiro atoms. The molecule has 1 aliphatic heterocycles. The van der Waals surface area contributed by atoms with Gasteiger partial charge in [0.15, 0.2) is 5.76 Å². The SMILES string of the molecule is O=C(CN1CCn2cnnc2C1)c1ccco1. The maximum absolute atomic E-state index is 11.8. The summed E-state index contributed by atoms with van der Waals surface area (Å²) in [7, 11) is 0. The van der Waals surface area contributed by atoms with Crippen molar-refractivity contribution in [3.05, 3.63) is 36.3 Å². The Bertz CT molecular complexity index is 517. The number of rotatable bonds is 3. The average molecular weight is 232 g/mol. The molecule has 88 valence electrons. The highest BCUT2D eigenvalue weighted by atomic mass is 16.3. The van der Waals surface area contributed by atoms with Crippen LogP contribution in [0.15, 0.2) is 29.1 Å². The Morgan fingerprint density at radius 1 is 1.47 bits per heavy atom. The lowest BCUT2D eigenvalue weighted by Crippen LogP contribution is -2.37. The van der Waals surface area contributed by atoms with E-state index in [1.54, 1.807) is 18.5 Å². The van der Waals surface area contributed by atoms with Crippen LogP contribution in [0.4, 0.5) is 0 Å². The van der Waals surface area contributed by atoms with Gasteiger partial charge in [0.25, 0.3) is 0 Å². The highest BCUT2D eigenvalue weighted by molar-refractivity contribution is 5.94. The molecule has 0 N–H and O–H groups in total. The van der Waals surface area contributed by atoms with Gasteiger partial charge in [0.05, 0.1) is 19.4 Å². The van der Waals surface area contributed by atoms with Crippen LogP contribution >= 0.6 is 0 Å². The van der Waals surface area contributed by atoms with Crippen molar-refractivity contribution < 1.29 is 9.21 Å². The second kappa shape index (κ2) is 4.14. The maximum atomic E-state index is 11.8. The van der Waals surface area contributed by atoms with Gasteiger partial charge in [0.2, 0.25) is 5.78 Å². The smallest absolute Gasteiger partial charge is 0.211 e. The summed E-state index contributed by atoms with van der Waals surface area (Å²) in [5.41, 5.74) is 0. The number of Topliss-reactive ketones (excluding diaryl/α,β-unsaturated/α-hetero) is 1. The summed E-state index contributed by atoms with van der Waals surface area (Å²) in [4.78, 5) is 13.9. The van der Waals surface area contributed by atoms with Crippen LogP contribution in [0.2, 0.25) is 0 Å². The van der Waals surface area contributed by atoms with Crippen LogP contribution in [-0.4, -0.2) is 38.5 Å². The fourth-order valence-electron chi connectivity index (χ4n) is 1.97. The minimum atomic E-state index is 0.00275. The Morgan fingerprint density at radius 2 is 2.41 bits per heavy atom. The molecule has 0 bridgehead atoms. The lowest BCUT2D eigenvalue weighted by Gasteiger charge is -2.25. The topological polar surface area (TPSA) is 64.2 Å². The minimum absolute atomic E-state index is 0.00275. The molecule has 1 aliphatic rings. The van der Waals surface area contributed by atoms with Crippen molar-refractivity contribution in [2.75, 3.05) is 13.1 Å². The number of nitrogens with zero attached hydrogens (tertiary/aromatic N) is 4. The van der Waals surface area contributed by atoms with E-state index in [0.29, 0.717) is 18.8 Å². The van der Waals surface area contributed by atoms with Gasteiger partial charge < -0.3 is 8.98 Å². The summed E-state index contributed by atoms with van der Waals surface area (Å²) in [6, 6.07) is 3.41. The van der Waals surface area contributed by atoms with E-state index in [1.807, 2.05) is 4.57 Å². The number of hydrogen-bond acceptors (Lipinski definition) is 5. The van der Waals surface area contributed by atoms with Crippen LogP contribution in [0.3, 0.4) is 0 Å². The second-order valence-corrected chi connectivity index (χ2v) is 4.05. The fraction of sp³-hybridized carbons (Fsp3) is 0.364. The number of carbonyl (C=O) groups excluding carboxylic acids is 1. The number of fused-ring (bicyclic) bond motifs is 1. The standard InChI is InChI=1S/C11H12N4O2/c16-9(10-2-1-5-17-10)6-14-3-4-15-8-12-13-11(15)7-14/h1-2,5,8H,3-4,6-7H2. The van der Waals surface area contributed by atoms with Gasteiger partial charge in [-0.25, -0.2) is 0 Å². The van der Waals surface area contributed by atoms with E-state index in [4.69, 9.17) is 4.42 Å². The molecule has 0 aromatic carbocycles. The van der Waals surface area contributed by atoms with Gasteiger partial charge in [-0.2, -0.15) is 0 Å². The van der Waals surface area contributed by atoms with Crippen LogP contribution in [0.5, 0.6) is 0 Å². The number of hydrogen-bond donors (Lipinski definition) is 0. The summed E-state index contributed by atoms with van der Waals surface area (Å²) in [5.74, 6) is 1.32. The zero-order valence-corrected chi connectivity index (χ0v) is 9.24. The highest BCUT2D eigenvalue weighted by Crippen LogP contribution is 2.10. The zero-order valence-electron chi connectivity index (χ0n) is 9.24. The van der Waals surface area contributed by atoms with Crippen molar-refractivity contribution in [3.8, 4) is 0 Å². The van der Waals surface area contributed by atoms with E-state index in [-0.39, 0.29) is 5.78 Å². The Morgan fingerprint density at radius 3 is 3.24 bits per heavy atom. The van der Waals surface area contributed by atoms with Gasteiger partial charge in [0, 0.05) is 13.1 Å². The van der Waals surface area contributed by atoms with Gasteiger partial charge in [-0.3, -0.25) is 9.69 Å². The first-order chi connectivity index (χ1) is 8.33. The largest absolute Gasteiger partial charge is 0.461 e. The number of aromatic nitrogens is 3. The van der Waals surface area contributed by atoms with Crippen molar-refractivity contribution in [1.82, 2.24) is 19.7 Å². The van der Waals surface area contributed by atoms with Gasteiger partial charge in [-0.15, -0.1) is 10.2 Å². The summed E-state index contributed by atoms with van der Waals surface area (Å²) in [6.45, 7) is 2.68. The van der Waals surface area contributed by atoms with Gasteiger partial charge >= 0.3 is 0 Å². The van der Waals surface area contributed by atoms with Crippen LogP contribution in [-0.2, 0) is 13.1 Å². The summed E-state index contributed by atoms with van der Waals surface area (Å²) in [6.07, 6.45) is 3.24. The molecular formula is C11H12N4O2. The average Bonchev–Trinajstić information content (AvgIpc) is 2.99. The Labute approximate surface area is 97.8 Å². The molecule has 0 unspecified atom stereocenters. The third kappa shape index (κ3) is 1.99. The molecule has 0 radical (unpaired) electrons. The van der Waals surface area contributed by atoms with Crippen LogP contribution in [0.25, 0.3) is 0 Å². The third-order valence-corrected chi connectivity index (χ3v) is 2.88. The van der Waals surface area contributed by atoms with Gasteiger partial charge in [-0.05, 0) is 12.1 Å². The normalized spacial score (nSPS) is 15.8. The van der Waals surface area contributed by atoms with E-state index < -0.39 is 0 Å². The first-order valence-corrected chi connectivity index (χ1v) is 5.48. The lowest BCUT2D eigenvalue weighted by molar-refractivity contribution is 0.0880. The quantitative estimate of drug-likeness (QED) is 0.724. The van der Waals surface area contributed by atoms with Crippen molar-refractivity contribution in [1.29, 1.82) is 0 Å². The first-order valence-electron chi connectivity index (χ1n) is 5.48. The molecule has 2 aromatic rings. The number of carbonyl (C=O) groups is 1. The van der Waals surface area contributed by atoms with Crippen LogP contribution in [0, 0.1) is 0 Å². The fourth-order valence-corrected chi connectivity index (χ4v) is 1.97. The van der Waals surface area contributed by atoms with Crippen molar-refractivity contribution in [2.45, 2.75) is 13.1 Å². The third-order valence-electron chi connectivity index (χ3n) is 2.88. The summed E-state index contributed by atoms with van der Waals surface area (Å²) in [5, 5.41) is 7.86. The monoisotopic (exact) mass is 232 g/mol. The molecular weight excluding hydrogens is 220 g/mol. The predicted octanol–water partition coefficient (Wildman–Crippen LogP) is 0.570. The molecule has 6 heteroatoms. The van der Waals surface area contributed by atoms with E-state index in [1.165, 1.54) is 6.26 Å². The van der Waals surface area contributed by atoms with Crippen LogP contribution in [0.1, 0.15) is 16.4 Å². The van der Waals surface area contributed by atoms with Gasteiger partial charge in [-0.1, -0.05) is 0 Å². The van der Waals surface area contributed by atoms with E-state index in [2.05, 4.69) is 15.1 Å². The van der Waals surface area contributed by atoms with E-state index in [9.17, 15) is 4.79 Å². The predicted molar refractivity (Wildman–Crippen MR) is 58.3 cm³/mol. The first kappa shape index (κ1) is 10.2. The zero-order chi connectivity index (χ0) is 11.7. The lowest BCUT2D eigenvalue weighted by atomic mass is 10.2. The van der Waals surface area contributed by atoms with Crippen molar-refractivity contribution >= 4 is 5.78 Å². The summed E-state index contributed by atoms with van der Waals surface area (Å²) < 4.78 is 7.09. The molecule has 3 rings (SSSR count). The number of furan rings is 1.